The Morgan fingerprint density at radius 1 is 1.19 bits per heavy atom. The summed E-state index contributed by atoms with van der Waals surface area (Å²) in [5.41, 5.74) is 1.31. The van der Waals surface area contributed by atoms with Crippen LogP contribution in [0.5, 0.6) is 0 Å². The van der Waals surface area contributed by atoms with Gasteiger partial charge in [0, 0.05) is 6.20 Å². The van der Waals surface area contributed by atoms with Crippen LogP contribution < -0.4 is 4.72 Å². The fourth-order valence-electron chi connectivity index (χ4n) is 1.79. The summed E-state index contributed by atoms with van der Waals surface area (Å²) >= 11 is 0. The molecule has 0 radical (unpaired) electrons. The van der Waals surface area contributed by atoms with Gasteiger partial charge in [-0.2, -0.15) is 0 Å². The van der Waals surface area contributed by atoms with Crippen LogP contribution in [0, 0.1) is 13.8 Å². The third-order valence-corrected chi connectivity index (χ3v) is 4.26. The van der Waals surface area contributed by atoms with Gasteiger partial charge in [-0.25, -0.2) is 18.2 Å². The van der Waals surface area contributed by atoms with E-state index in [0.717, 1.165) is 11.6 Å². The maximum Gasteiger partial charge on any atom is 0.335 e. The van der Waals surface area contributed by atoms with Gasteiger partial charge in [0.2, 0.25) is 0 Å². The summed E-state index contributed by atoms with van der Waals surface area (Å²) in [4.78, 5) is 14.9. The molecule has 0 spiro atoms. The van der Waals surface area contributed by atoms with E-state index in [2.05, 4.69) is 9.71 Å². The van der Waals surface area contributed by atoms with Crippen LogP contribution in [0.1, 0.15) is 21.5 Å². The van der Waals surface area contributed by atoms with Crippen LogP contribution in [-0.4, -0.2) is 24.5 Å². The molecule has 1 aromatic heterocycles. The van der Waals surface area contributed by atoms with Gasteiger partial charge in [0.25, 0.3) is 10.0 Å². The summed E-state index contributed by atoms with van der Waals surface area (Å²) in [6.07, 6.45) is 1.49. The first kappa shape index (κ1) is 15.0. The number of nitrogens with one attached hydrogen (secondary N) is 1. The van der Waals surface area contributed by atoms with Crippen molar-refractivity contribution in [1.82, 2.24) is 4.98 Å². The molecule has 1 aromatic carbocycles. The Kier molecular flexibility index (Phi) is 3.95. The molecule has 0 aliphatic heterocycles. The number of carboxylic acids is 1. The summed E-state index contributed by atoms with van der Waals surface area (Å²) in [7, 11) is -3.88. The molecule has 21 heavy (non-hydrogen) atoms. The monoisotopic (exact) mass is 306 g/mol. The van der Waals surface area contributed by atoms with Gasteiger partial charge in [-0.05, 0) is 49.2 Å². The second-order valence-electron chi connectivity index (χ2n) is 4.61. The molecule has 7 heteroatoms. The molecule has 6 nitrogen and oxygen atoms in total. The minimum Gasteiger partial charge on any atom is -0.478 e. The molecule has 0 aliphatic rings. The van der Waals surface area contributed by atoms with Crippen molar-refractivity contribution in [3.05, 3.63) is 53.2 Å². The van der Waals surface area contributed by atoms with Crippen LogP contribution in [0.4, 0.5) is 5.82 Å². The van der Waals surface area contributed by atoms with Gasteiger partial charge >= 0.3 is 5.97 Å². The Bertz CT molecular complexity index is 800. The zero-order chi connectivity index (χ0) is 15.6. The topological polar surface area (TPSA) is 96.4 Å². The lowest BCUT2D eigenvalue weighted by Crippen LogP contribution is -2.15. The average Bonchev–Trinajstić information content (AvgIpc) is 2.38. The molecular formula is C14H14N2O4S. The van der Waals surface area contributed by atoms with E-state index in [4.69, 9.17) is 5.11 Å². The molecule has 0 fully saturated rings. The van der Waals surface area contributed by atoms with Gasteiger partial charge in [-0.3, -0.25) is 4.72 Å². The summed E-state index contributed by atoms with van der Waals surface area (Å²) in [6, 6.07) is 7.29. The molecule has 2 rings (SSSR count). The normalized spacial score (nSPS) is 11.1. The quantitative estimate of drug-likeness (QED) is 0.902. The van der Waals surface area contributed by atoms with Crippen molar-refractivity contribution in [2.75, 3.05) is 4.72 Å². The molecule has 0 bridgehead atoms. The lowest BCUT2D eigenvalue weighted by Gasteiger charge is -2.09. The van der Waals surface area contributed by atoms with Crippen molar-refractivity contribution >= 4 is 21.8 Å². The van der Waals surface area contributed by atoms with Crippen molar-refractivity contribution < 1.29 is 18.3 Å². The predicted molar refractivity (Wildman–Crippen MR) is 77.9 cm³/mol. The Hall–Kier alpha value is -2.41. The number of pyridine rings is 1. The van der Waals surface area contributed by atoms with E-state index in [1.807, 2.05) is 6.92 Å². The Balaban J connectivity index is 2.40. The number of aromatic carboxylic acids is 1. The second kappa shape index (κ2) is 5.53. The van der Waals surface area contributed by atoms with E-state index in [-0.39, 0.29) is 16.3 Å². The zero-order valence-electron chi connectivity index (χ0n) is 11.5. The van der Waals surface area contributed by atoms with Crippen molar-refractivity contribution in [1.29, 1.82) is 0 Å². The summed E-state index contributed by atoms with van der Waals surface area (Å²) in [5, 5.41) is 9.05. The number of hydrogen-bond donors (Lipinski definition) is 2. The summed E-state index contributed by atoms with van der Waals surface area (Å²) in [6.45, 7) is 3.42. The second-order valence-corrected chi connectivity index (χ2v) is 6.29. The molecule has 0 aliphatic carbocycles. The van der Waals surface area contributed by atoms with Crippen LogP contribution in [-0.2, 0) is 10.0 Å². The first-order chi connectivity index (χ1) is 9.79. The zero-order valence-corrected chi connectivity index (χ0v) is 12.3. The third kappa shape index (κ3) is 3.38. The Morgan fingerprint density at radius 2 is 1.90 bits per heavy atom. The van der Waals surface area contributed by atoms with E-state index in [1.165, 1.54) is 18.3 Å². The maximum atomic E-state index is 12.3. The number of sulfonamides is 1. The van der Waals surface area contributed by atoms with E-state index in [0.29, 0.717) is 5.56 Å². The Labute approximate surface area is 122 Å². The molecule has 2 aromatic rings. The van der Waals surface area contributed by atoms with Gasteiger partial charge in [0.05, 0.1) is 10.5 Å². The molecule has 0 atom stereocenters. The number of carboxylic acid groups (broad SMARTS) is 1. The van der Waals surface area contributed by atoms with Crippen LogP contribution in [0.3, 0.4) is 0 Å². The smallest absolute Gasteiger partial charge is 0.335 e. The van der Waals surface area contributed by atoms with Crippen molar-refractivity contribution in [2.24, 2.45) is 0 Å². The standard InChI is InChI=1S/C14H14N2O4S/c1-9-5-6-15-13(7-9)16-21(19,20)11-4-3-10(2)12(8-11)14(17)18/h3-8H,1-2H3,(H,15,16)(H,17,18). The number of hydrogen-bond acceptors (Lipinski definition) is 4. The highest BCUT2D eigenvalue weighted by molar-refractivity contribution is 7.92. The van der Waals surface area contributed by atoms with E-state index in [9.17, 15) is 13.2 Å². The maximum absolute atomic E-state index is 12.3. The fraction of sp³-hybridized carbons (Fsp3) is 0.143. The SMILES string of the molecule is Cc1ccnc(NS(=O)(=O)c2ccc(C)c(C(=O)O)c2)c1. The highest BCUT2D eigenvalue weighted by Gasteiger charge is 2.18. The first-order valence-electron chi connectivity index (χ1n) is 6.09. The molecule has 0 amide bonds. The average molecular weight is 306 g/mol. The molecule has 2 N–H and O–H groups in total. The van der Waals surface area contributed by atoms with Crippen LogP contribution >= 0.6 is 0 Å². The van der Waals surface area contributed by atoms with Gasteiger partial charge in [0.1, 0.15) is 5.82 Å². The third-order valence-electron chi connectivity index (χ3n) is 2.90. The van der Waals surface area contributed by atoms with E-state index in [1.54, 1.807) is 19.1 Å². The number of carbonyl (C=O) groups is 1. The molecular weight excluding hydrogens is 292 g/mol. The molecule has 110 valence electrons. The van der Waals surface area contributed by atoms with Crippen molar-refractivity contribution in [3.8, 4) is 0 Å². The van der Waals surface area contributed by atoms with E-state index >= 15 is 0 Å². The van der Waals surface area contributed by atoms with Gasteiger partial charge in [-0.1, -0.05) is 6.07 Å². The largest absolute Gasteiger partial charge is 0.478 e. The summed E-state index contributed by atoms with van der Waals surface area (Å²) in [5.74, 6) is -0.981. The predicted octanol–water partition coefficient (Wildman–Crippen LogP) is 2.20. The van der Waals surface area contributed by atoms with Gasteiger partial charge < -0.3 is 5.11 Å². The lowest BCUT2D eigenvalue weighted by molar-refractivity contribution is 0.0696. The van der Waals surface area contributed by atoms with Gasteiger partial charge in [-0.15, -0.1) is 0 Å². The Morgan fingerprint density at radius 3 is 2.52 bits per heavy atom. The molecule has 0 unspecified atom stereocenters. The van der Waals surface area contributed by atoms with Crippen molar-refractivity contribution in [3.63, 3.8) is 0 Å². The highest BCUT2D eigenvalue weighted by Crippen LogP contribution is 2.18. The van der Waals surface area contributed by atoms with Crippen LogP contribution in [0.25, 0.3) is 0 Å². The lowest BCUT2D eigenvalue weighted by atomic mass is 10.1. The number of anilines is 1. The molecule has 0 saturated carbocycles. The number of aromatic nitrogens is 1. The minimum absolute atomic E-state index is 0.0462. The van der Waals surface area contributed by atoms with Crippen LogP contribution in [0.2, 0.25) is 0 Å². The highest BCUT2D eigenvalue weighted by atomic mass is 32.2. The molecule has 1 heterocycles. The fourth-order valence-corrected chi connectivity index (χ4v) is 2.81. The number of benzene rings is 1. The summed E-state index contributed by atoms with van der Waals surface area (Å²) < 4.78 is 26.8. The minimum atomic E-state index is -3.88. The first-order valence-corrected chi connectivity index (χ1v) is 7.57. The number of rotatable bonds is 4. The number of aryl methyl sites for hydroxylation is 2. The van der Waals surface area contributed by atoms with E-state index < -0.39 is 16.0 Å². The van der Waals surface area contributed by atoms with Gasteiger partial charge in [0.15, 0.2) is 0 Å². The molecule has 0 saturated heterocycles. The van der Waals surface area contributed by atoms with Crippen LogP contribution in [0.15, 0.2) is 41.4 Å². The number of nitrogens with zero attached hydrogens (tertiary/aromatic N) is 1. The van der Waals surface area contributed by atoms with Crippen molar-refractivity contribution in [2.45, 2.75) is 18.7 Å².